The van der Waals surface area contributed by atoms with Crippen LogP contribution < -0.4 is 9.62 Å². The molecule has 1 aliphatic heterocycles. The molecule has 7 heteroatoms. The summed E-state index contributed by atoms with van der Waals surface area (Å²) in [5.41, 5.74) is 1.79. The number of carbonyl (C=O) groups excluding carboxylic acids is 1. The highest BCUT2D eigenvalue weighted by molar-refractivity contribution is 7.92. The smallest absolute Gasteiger partial charge is 0.231 e. The molecule has 0 aromatic heterocycles. The van der Waals surface area contributed by atoms with Gasteiger partial charge in [-0.25, -0.2) is 8.42 Å². The van der Waals surface area contributed by atoms with Gasteiger partial charge in [0.2, 0.25) is 15.9 Å². The summed E-state index contributed by atoms with van der Waals surface area (Å²) in [7, 11) is -1.72. The number of benzene rings is 1. The van der Waals surface area contributed by atoms with Gasteiger partial charge in [-0.15, -0.1) is 0 Å². The van der Waals surface area contributed by atoms with E-state index in [9.17, 15) is 13.2 Å². The lowest BCUT2D eigenvalue weighted by Crippen LogP contribution is -2.20. The number of anilines is 2. The lowest BCUT2D eigenvalue weighted by Gasteiger charge is -2.12. The number of carbonyl (C=O) groups is 1. The van der Waals surface area contributed by atoms with E-state index in [1.165, 1.54) is 4.90 Å². The number of nitrogens with zero attached hydrogens (tertiary/aromatic N) is 1. The largest absolute Gasteiger partial charge is 0.315 e. The van der Waals surface area contributed by atoms with Crippen molar-refractivity contribution in [2.75, 3.05) is 22.9 Å². The molecule has 1 aromatic rings. The number of likely N-dealkylation sites (N-methyl/N-ethyl adjacent to an activating group) is 1. The van der Waals surface area contributed by atoms with Crippen molar-refractivity contribution in [1.29, 1.82) is 0 Å². The summed E-state index contributed by atoms with van der Waals surface area (Å²) in [4.78, 5) is 13.0. The fraction of sp³-hybridized carbons (Fsp3) is 0.300. The van der Waals surface area contributed by atoms with Gasteiger partial charge in [0.1, 0.15) is 0 Å². The Morgan fingerprint density at radius 2 is 2.06 bits per heavy atom. The van der Waals surface area contributed by atoms with Gasteiger partial charge in [0.25, 0.3) is 0 Å². The van der Waals surface area contributed by atoms with Gasteiger partial charge in [-0.2, -0.15) is 0 Å². The minimum absolute atomic E-state index is 0.0347. The predicted octanol–water partition coefficient (Wildman–Crippen LogP) is 1.23. The minimum Gasteiger partial charge on any atom is -0.315 e. The van der Waals surface area contributed by atoms with Crippen LogP contribution in [0.5, 0.6) is 0 Å². The Morgan fingerprint density at radius 1 is 1.41 bits per heavy atom. The molecule has 1 aromatic carbocycles. The predicted molar refractivity (Wildman–Crippen MR) is 67.0 cm³/mol. The second kappa shape index (κ2) is 3.89. The molecule has 1 amide bonds. The second-order valence-electron chi connectivity index (χ2n) is 3.96. The molecule has 0 atom stereocenters. The molecule has 1 N–H and O–H groups in total. The molecule has 0 spiro atoms. The van der Waals surface area contributed by atoms with Crippen molar-refractivity contribution in [2.24, 2.45) is 0 Å². The van der Waals surface area contributed by atoms with E-state index in [-0.39, 0.29) is 17.4 Å². The van der Waals surface area contributed by atoms with E-state index in [0.29, 0.717) is 5.69 Å². The van der Waals surface area contributed by atoms with E-state index in [4.69, 9.17) is 11.6 Å². The minimum atomic E-state index is -3.38. The molecule has 17 heavy (non-hydrogen) atoms. The summed E-state index contributed by atoms with van der Waals surface area (Å²) < 4.78 is 24.6. The average molecular weight is 275 g/mol. The SMILES string of the molecule is CN1C(=O)Cc2cc(NS(C)(=O)=O)c(Cl)cc21. The molecule has 1 aliphatic rings. The summed E-state index contributed by atoms with van der Waals surface area (Å²) in [6.07, 6.45) is 1.31. The van der Waals surface area contributed by atoms with Crippen LogP contribution >= 0.6 is 11.6 Å². The first-order chi connectivity index (χ1) is 7.78. The van der Waals surface area contributed by atoms with Crippen LogP contribution in [0.4, 0.5) is 11.4 Å². The van der Waals surface area contributed by atoms with E-state index < -0.39 is 10.0 Å². The number of hydrogen-bond donors (Lipinski definition) is 1. The van der Waals surface area contributed by atoms with Crippen LogP contribution in [0.2, 0.25) is 5.02 Å². The van der Waals surface area contributed by atoms with E-state index in [0.717, 1.165) is 17.5 Å². The number of rotatable bonds is 2. The highest BCUT2D eigenvalue weighted by Crippen LogP contribution is 2.35. The zero-order valence-corrected chi connectivity index (χ0v) is 10.9. The van der Waals surface area contributed by atoms with Gasteiger partial charge >= 0.3 is 0 Å². The fourth-order valence-electron chi connectivity index (χ4n) is 1.76. The highest BCUT2D eigenvalue weighted by Gasteiger charge is 2.25. The molecule has 0 unspecified atom stereocenters. The number of amides is 1. The third kappa shape index (κ3) is 2.37. The number of nitrogens with one attached hydrogen (secondary N) is 1. The third-order valence-corrected chi connectivity index (χ3v) is 3.44. The van der Waals surface area contributed by atoms with E-state index >= 15 is 0 Å². The van der Waals surface area contributed by atoms with Crippen molar-refractivity contribution < 1.29 is 13.2 Å². The Bertz CT molecular complexity index is 598. The average Bonchev–Trinajstić information content (AvgIpc) is 2.43. The Balaban J connectivity index is 2.47. The summed E-state index contributed by atoms with van der Waals surface area (Å²) in [6, 6.07) is 3.19. The molecule has 5 nitrogen and oxygen atoms in total. The molecule has 0 bridgehead atoms. The van der Waals surface area contributed by atoms with Crippen LogP contribution in [0, 0.1) is 0 Å². The van der Waals surface area contributed by atoms with Gasteiger partial charge in [0.05, 0.1) is 23.4 Å². The number of hydrogen-bond acceptors (Lipinski definition) is 3. The molecule has 2 rings (SSSR count). The summed E-state index contributed by atoms with van der Waals surface area (Å²) in [6.45, 7) is 0. The molecule has 0 saturated carbocycles. The van der Waals surface area contributed by atoms with Crippen molar-refractivity contribution in [3.05, 3.63) is 22.7 Å². The lowest BCUT2D eigenvalue weighted by atomic mass is 10.1. The zero-order chi connectivity index (χ0) is 12.8. The van der Waals surface area contributed by atoms with Crippen LogP contribution in [-0.4, -0.2) is 27.6 Å². The molecule has 0 fully saturated rings. The van der Waals surface area contributed by atoms with Gasteiger partial charge in [-0.05, 0) is 17.7 Å². The zero-order valence-electron chi connectivity index (χ0n) is 9.32. The van der Waals surface area contributed by atoms with Crippen molar-refractivity contribution >= 4 is 38.9 Å². The molecule has 0 aliphatic carbocycles. The quantitative estimate of drug-likeness (QED) is 0.882. The topological polar surface area (TPSA) is 66.5 Å². The van der Waals surface area contributed by atoms with E-state index in [2.05, 4.69) is 4.72 Å². The lowest BCUT2D eigenvalue weighted by molar-refractivity contribution is -0.117. The maximum atomic E-state index is 11.5. The summed E-state index contributed by atoms with van der Waals surface area (Å²) in [5, 5.41) is 0.274. The van der Waals surface area contributed by atoms with Gasteiger partial charge in [0.15, 0.2) is 0 Å². The second-order valence-corrected chi connectivity index (χ2v) is 6.12. The Hall–Kier alpha value is -1.27. The number of halogens is 1. The first-order valence-corrected chi connectivity index (χ1v) is 7.11. The molecular formula is C10H11ClN2O3S. The third-order valence-electron chi connectivity index (χ3n) is 2.54. The van der Waals surface area contributed by atoms with Crippen molar-refractivity contribution in [3.8, 4) is 0 Å². The van der Waals surface area contributed by atoms with Crippen LogP contribution in [-0.2, 0) is 21.2 Å². The Morgan fingerprint density at radius 3 is 2.65 bits per heavy atom. The van der Waals surface area contributed by atoms with E-state index in [1.807, 2.05) is 0 Å². The van der Waals surface area contributed by atoms with Crippen molar-refractivity contribution in [3.63, 3.8) is 0 Å². The Kier molecular flexibility index (Phi) is 2.79. The highest BCUT2D eigenvalue weighted by atomic mass is 35.5. The Labute approximate surface area is 104 Å². The van der Waals surface area contributed by atoms with Crippen LogP contribution in [0.15, 0.2) is 12.1 Å². The molecule has 92 valence electrons. The number of fused-ring (bicyclic) bond motifs is 1. The van der Waals surface area contributed by atoms with Gasteiger partial charge < -0.3 is 4.90 Å². The molecule has 1 heterocycles. The molecular weight excluding hydrogens is 264 g/mol. The fourth-order valence-corrected chi connectivity index (χ4v) is 2.58. The summed E-state index contributed by atoms with van der Waals surface area (Å²) >= 11 is 5.96. The van der Waals surface area contributed by atoms with E-state index in [1.54, 1.807) is 19.2 Å². The van der Waals surface area contributed by atoms with Crippen LogP contribution in [0.25, 0.3) is 0 Å². The molecule has 0 radical (unpaired) electrons. The van der Waals surface area contributed by atoms with Gasteiger partial charge in [-0.3, -0.25) is 9.52 Å². The standard InChI is InChI=1S/C10H11ClN2O3S/c1-13-9-5-7(11)8(12-17(2,15)16)3-6(9)4-10(13)14/h3,5,12H,4H2,1-2H3. The first-order valence-electron chi connectivity index (χ1n) is 4.85. The molecule has 0 saturated heterocycles. The van der Waals surface area contributed by atoms with Crippen molar-refractivity contribution in [1.82, 2.24) is 0 Å². The van der Waals surface area contributed by atoms with Gasteiger partial charge in [0, 0.05) is 12.7 Å². The monoisotopic (exact) mass is 274 g/mol. The van der Waals surface area contributed by atoms with Crippen molar-refractivity contribution in [2.45, 2.75) is 6.42 Å². The maximum Gasteiger partial charge on any atom is 0.231 e. The number of sulfonamides is 1. The van der Waals surface area contributed by atoms with Crippen LogP contribution in [0.1, 0.15) is 5.56 Å². The normalized spacial score (nSPS) is 15.0. The van der Waals surface area contributed by atoms with Crippen LogP contribution in [0.3, 0.4) is 0 Å². The maximum absolute atomic E-state index is 11.5. The first kappa shape index (κ1) is 12.2. The summed E-state index contributed by atoms with van der Waals surface area (Å²) in [5.74, 6) is -0.0347. The van der Waals surface area contributed by atoms with Gasteiger partial charge in [-0.1, -0.05) is 11.6 Å².